The lowest BCUT2D eigenvalue weighted by Gasteiger charge is -2.25. The Morgan fingerprint density at radius 2 is 0.875 bits per heavy atom. The van der Waals surface area contributed by atoms with E-state index in [4.69, 9.17) is 8.22 Å². The number of allylic oxidation sites excluding steroid dienone is 2. The third kappa shape index (κ3) is 5.10. The van der Waals surface area contributed by atoms with E-state index in [1.165, 1.54) is 0 Å². The third-order valence-corrected chi connectivity index (χ3v) is 6.99. The van der Waals surface area contributed by atoms with Crippen LogP contribution in [0.15, 0.2) is 18.2 Å². The van der Waals surface area contributed by atoms with Crippen molar-refractivity contribution in [2.75, 3.05) is 0 Å². The Morgan fingerprint density at radius 3 is 1.38 bits per heavy atom. The Bertz CT molecular complexity index is 2250. The van der Waals surface area contributed by atoms with E-state index in [0.717, 1.165) is 0 Å². The van der Waals surface area contributed by atoms with Crippen LogP contribution in [0.5, 0.6) is 0 Å². The van der Waals surface area contributed by atoms with Gasteiger partial charge < -0.3 is 0 Å². The van der Waals surface area contributed by atoms with Crippen molar-refractivity contribution in [1.82, 2.24) is 0 Å². The highest BCUT2D eigenvalue weighted by atomic mass is 19.2. The SMILES string of the molecule is [2H]C1C=CC([2H])(c2c(F)c(F)c(B(c3c(F)c(F)cc(F)c3F)c3c(F)c(F)c(F)c(F)c3-c3c(F)c(F)c(F)c(F)c3F)c(F)c2F)C([2H])([2H])C1([2H])[2H]. The molecule has 252 valence electrons. The van der Waals surface area contributed by atoms with Gasteiger partial charge in [0.2, 0.25) is 5.82 Å². The minimum Gasteiger partial charge on any atom is -0.204 e. The third-order valence-electron chi connectivity index (χ3n) is 6.99. The second-order valence-electron chi connectivity index (χ2n) is 9.56. The standard InChI is InChI=1S/C30H10BF17/c32-8-6-9(33)17(35)14(16(8)34)31(15-24(42)18(36)10(19(37)25(15)43)7-4-2-1-3-5-7)13-11(20(38)26(44)29(47)23(13)41)12-21(39)27(45)30(48)28(46)22(12)40/h2,4,6-7H,1,3,5H2/i1D,3D2,5D2,7D. The normalized spacial score (nSPS) is 21.6. The fourth-order valence-electron chi connectivity index (χ4n) is 4.90. The van der Waals surface area contributed by atoms with Crippen LogP contribution in [0.1, 0.15) is 38.8 Å². The van der Waals surface area contributed by atoms with Crippen LogP contribution in [0.2, 0.25) is 0 Å². The van der Waals surface area contributed by atoms with Gasteiger partial charge in [0, 0.05) is 42.2 Å². The van der Waals surface area contributed by atoms with Gasteiger partial charge >= 0.3 is 0 Å². The molecule has 0 amide bonds. The van der Waals surface area contributed by atoms with Gasteiger partial charge in [0.15, 0.2) is 93.1 Å². The molecular weight excluding hydrogens is 694 g/mol. The molecule has 0 aromatic heterocycles. The van der Waals surface area contributed by atoms with Crippen molar-refractivity contribution in [3.05, 3.63) is 123 Å². The molecule has 0 saturated carbocycles. The number of hydrogen-bond acceptors (Lipinski definition) is 0. The lowest BCUT2D eigenvalue weighted by atomic mass is 9.35. The summed E-state index contributed by atoms with van der Waals surface area (Å²) in [5.74, 6) is -57.2. The van der Waals surface area contributed by atoms with Crippen LogP contribution in [0.3, 0.4) is 0 Å². The summed E-state index contributed by atoms with van der Waals surface area (Å²) in [7, 11) is 0. The quantitative estimate of drug-likeness (QED) is 0.0647. The van der Waals surface area contributed by atoms with Crippen LogP contribution in [-0.4, -0.2) is 6.71 Å². The van der Waals surface area contributed by atoms with E-state index in [1.807, 2.05) is 0 Å². The summed E-state index contributed by atoms with van der Waals surface area (Å²) in [6.45, 7) is -4.34. The number of rotatable bonds is 5. The maximum atomic E-state index is 16.2. The average Bonchev–Trinajstić information content (AvgIpc) is 3.10. The molecule has 2 unspecified atom stereocenters. The Labute approximate surface area is 265 Å². The molecule has 0 bridgehead atoms. The molecular formula is C30H10BF17. The zero-order chi connectivity index (χ0) is 41.1. The van der Waals surface area contributed by atoms with Gasteiger partial charge in [-0.15, -0.1) is 0 Å². The molecule has 48 heavy (non-hydrogen) atoms. The molecule has 1 aliphatic carbocycles. The van der Waals surface area contributed by atoms with Crippen LogP contribution in [-0.2, 0) is 0 Å². The van der Waals surface area contributed by atoms with Gasteiger partial charge in [-0.05, 0) is 24.6 Å². The fraction of sp³-hybridized carbons (Fsp3) is 0.133. The van der Waals surface area contributed by atoms with E-state index in [2.05, 4.69) is 0 Å². The molecule has 0 fully saturated rings. The van der Waals surface area contributed by atoms with E-state index in [9.17, 15) is 30.7 Å². The number of hydrogen-bond donors (Lipinski definition) is 0. The predicted octanol–water partition coefficient (Wildman–Crippen LogP) is 8.06. The van der Waals surface area contributed by atoms with Gasteiger partial charge in [0.05, 0.1) is 5.56 Å². The van der Waals surface area contributed by atoms with Gasteiger partial charge in [-0.25, -0.2) is 74.6 Å². The van der Waals surface area contributed by atoms with Crippen molar-refractivity contribution in [2.24, 2.45) is 0 Å². The zero-order valence-corrected chi connectivity index (χ0v) is 22.3. The van der Waals surface area contributed by atoms with Crippen LogP contribution in [0.4, 0.5) is 74.6 Å². The summed E-state index contributed by atoms with van der Waals surface area (Å²) in [6, 6.07) is -0.690. The van der Waals surface area contributed by atoms with Crippen molar-refractivity contribution in [3.8, 4) is 11.1 Å². The van der Waals surface area contributed by atoms with E-state index in [1.54, 1.807) is 0 Å². The zero-order valence-electron chi connectivity index (χ0n) is 28.3. The second-order valence-corrected chi connectivity index (χ2v) is 9.56. The fourth-order valence-corrected chi connectivity index (χ4v) is 4.90. The molecule has 1 aliphatic rings. The van der Waals surface area contributed by atoms with Crippen molar-refractivity contribution >= 4 is 23.1 Å². The van der Waals surface area contributed by atoms with Gasteiger partial charge in [0.25, 0.3) is 6.71 Å². The summed E-state index contributed by atoms with van der Waals surface area (Å²) in [5.41, 5.74) is -17.0. The lowest BCUT2D eigenvalue weighted by molar-refractivity contribution is 0.379. The molecule has 0 saturated heterocycles. The van der Waals surface area contributed by atoms with Crippen molar-refractivity contribution in [2.45, 2.75) is 25.0 Å². The molecule has 0 spiro atoms. The van der Waals surface area contributed by atoms with Gasteiger partial charge in [0.1, 0.15) is 0 Å². The minimum absolute atomic E-state index is 0.0243. The van der Waals surface area contributed by atoms with Gasteiger partial charge in [-0.3, -0.25) is 0 Å². The maximum absolute atomic E-state index is 16.2. The van der Waals surface area contributed by atoms with Gasteiger partial charge in [-0.1, -0.05) is 12.2 Å². The Balaban J connectivity index is 2.08. The first-order valence-electron chi connectivity index (χ1n) is 15.5. The molecule has 0 heterocycles. The second kappa shape index (κ2) is 12.5. The molecule has 2 atom stereocenters. The molecule has 0 aliphatic heterocycles. The minimum atomic E-state index is -4.34. The van der Waals surface area contributed by atoms with E-state index < -0.39 is 170 Å². The van der Waals surface area contributed by atoms with Crippen molar-refractivity contribution in [1.29, 1.82) is 0 Å². The first-order valence-corrected chi connectivity index (χ1v) is 12.4. The van der Waals surface area contributed by atoms with E-state index >= 15 is 43.9 Å². The van der Waals surface area contributed by atoms with E-state index in [-0.39, 0.29) is 12.2 Å². The van der Waals surface area contributed by atoms with Crippen LogP contribution >= 0.6 is 0 Å². The first kappa shape index (κ1) is 27.4. The highest BCUT2D eigenvalue weighted by Crippen LogP contribution is 2.37. The Morgan fingerprint density at radius 1 is 0.479 bits per heavy atom. The molecule has 18 heteroatoms. The largest absolute Gasteiger partial charge is 0.262 e. The smallest absolute Gasteiger partial charge is 0.204 e. The summed E-state index contributed by atoms with van der Waals surface area (Å²) in [5, 5.41) is 0. The van der Waals surface area contributed by atoms with Crippen molar-refractivity contribution in [3.63, 3.8) is 0 Å². The number of benzene rings is 4. The van der Waals surface area contributed by atoms with Gasteiger partial charge in [-0.2, -0.15) is 0 Å². The molecule has 0 radical (unpaired) electrons. The van der Waals surface area contributed by atoms with Crippen LogP contribution < -0.4 is 16.4 Å². The summed E-state index contributed by atoms with van der Waals surface area (Å²) in [4.78, 5) is 0. The average molecular weight is 710 g/mol. The van der Waals surface area contributed by atoms with Crippen LogP contribution in [0.25, 0.3) is 11.1 Å². The van der Waals surface area contributed by atoms with Crippen molar-refractivity contribution < 1.29 is 82.9 Å². The maximum Gasteiger partial charge on any atom is 0.262 e. The predicted molar refractivity (Wildman–Crippen MR) is 134 cm³/mol. The summed E-state index contributed by atoms with van der Waals surface area (Å²) < 4.78 is 306. The van der Waals surface area contributed by atoms with E-state index in [0.29, 0.717) is 0 Å². The molecule has 0 nitrogen and oxygen atoms in total. The first-order chi connectivity index (χ1) is 24.7. The monoisotopic (exact) mass is 710 g/mol. The highest BCUT2D eigenvalue weighted by molar-refractivity contribution is 6.96. The molecule has 5 rings (SSSR count). The topological polar surface area (TPSA) is 0 Å². The molecule has 4 aromatic rings. The van der Waals surface area contributed by atoms with Crippen LogP contribution in [0, 0.1) is 98.9 Å². The molecule has 0 N–H and O–H groups in total. The molecule has 4 aromatic carbocycles. The highest BCUT2D eigenvalue weighted by Gasteiger charge is 2.46. The summed E-state index contributed by atoms with van der Waals surface area (Å²) in [6.07, 6.45) is -9.67. The summed E-state index contributed by atoms with van der Waals surface area (Å²) >= 11 is 0. The number of halogens is 17. The Kier molecular flexibility index (Phi) is 7.15. The Hall–Kier alpha value is -4.51. The lowest BCUT2D eigenvalue weighted by Crippen LogP contribution is -2.60.